The van der Waals surface area contributed by atoms with E-state index < -0.39 is 0 Å². The molecule has 6 heteroatoms. The zero-order valence-corrected chi connectivity index (χ0v) is 12.7. The van der Waals surface area contributed by atoms with Gasteiger partial charge in [-0.3, -0.25) is 0 Å². The van der Waals surface area contributed by atoms with Crippen molar-refractivity contribution >= 4 is 11.6 Å². The van der Waals surface area contributed by atoms with Crippen molar-refractivity contribution in [3.8, 4) is 0 Å². The molecule has 1 aliphatic heterocycles. The highest BCUT2D eigenvalue weighted by atomic mass is 35.5. The molecule has 1 fully saturated rings. The van der Waals surface area contributed by atoms with Crippen molar-refractivity contribution in [3.63, 3.8) is 0 Å². The van der Waals surface area contributed by atoms with Crippen molar-refractivity contribution < 1.29 is 9.26 Å². The smallest absolute Gasteiger partial charge is 0.236 e. The van der Waals surface area contributed by atoms with Gasteiger partial charge in [0.1, 0.15) is 0 Å². The normalized spacial score (nSPS) is 21.8. The summed E-state index contributed by atoms with van der Waals surface area (Å²) in [4.78, 5) is 4.57. The van der Waals surface area contributed by atoms with Crippen molar-refractivity contribution in [2.24, 2.45) is 0 Å². The third kappa shape index (κ3) is 3.10. The van der Waals surface area contributed by atoms with Crippen molar-refractivity contribution in [2.45, 2.75) is 18.3 Å². The molecule has 1 N–H and O–H groups in total. The minimum absolute atomic E-state index is 0.194. The van der Waals surface area contributed by atoms with Gasteiger partial charge in [0.05, 0.1) is 12.0 Å². The van der Waals surface area contributed by atoms with Crippen LogP contribution in [0.25, 0.3) is 0 Å². The van der Waals surface area contributed by atoms with E-state index in [0.717, 1.165) is 30.1 Å². The second-order valence-electron chi connectivity index (χ2n) is 5.46. The van der Waals surface area contributed by atoms with Crippen LogP contribution in [0.4, 0.5) is 0 Å². The van der Waals surface area contributed by atoms with E-state index in [0.29, 0.717) is 24.7 Å². The van der Waals surface area contributed by atoms with E-state index >= 15 is 0 Å². The monoisotopic (exact) mass is 307 g/mol. The number of nitrogens with one attached hydrogen (secondary N) is 1. The Hall–Kier alpha value is -1.43. The molecule has 0 saturated carbocycles. The molecule has 21 heavy (non-hydrogen) atoms. The summed E-state index contributed by atoms with van der Waals surface area (Å²) in [7, 11) is 1.70. The molecule has 0 bridgehead atoms. The second-order valence-corrected chi connectivity index (χ2v) is 5.90. The van der Waals surface area contributed by atoms with Gasteiger partial charge in [-0.25, -0.2) is 0 Å². The molecule has 1 saturated heterocycles. The maximum absolute atomic E-state index is 5.89. The zero-order valence-electron chi connectivity index (χ0n) is 11.9. The lowest BCUT2D eigenvalue weighted by molar-refractivity contribution is 0.117. The van der Waals surface area contributed by atoms with E-state index in [4.69, 9.17) is 20.9 Å². The number of rotatable bonds is 5. The Morgan fingerprint density at radius 1 is 1.38 bits per heavy atom. The topological polar surface area (TPSA) is 60.2 Å². The van der Waals surface area contributed by atoms with Crippen LogP contribution in [0.15, 0.2) is 28.8 Å². The fraction of sp³-hybridized carbons (Fsp3) is 0.467. The van der Waals surface area contributed by atoms with Crippen LogP contribution >= 0.6 is 11.6 Å². The molecular weight excluding hydrogens is 290 g/mol. The highest BCUT2D eigenvalue weighted by Gasteiger charge is 2.41. The summed E-state index contributed by atoms with van der Waals surface area (Å²) in [5.41, 5.74) is 0.914. The molecule has 1 unspecified atom stereocenters. The Labute approximate surface area is 128 Å². The standard InChI is InChI=1S/C15H18ClN3O2/c1-20-10-15(6-7-17-9-15)14-18-13(19-21-14)8-11-2-4-12(16)5-3-11/h2-5,17H,6-10H2,1H3. The van der Waals surface area contributed by atoms with Crippen LogP contribution in [-0.4, -0.2) is 36.9 Å². The van der Waals surface area contributed by atoms with E-state index in [1.165, 1.54) is 0 Å². The third-order valence-corrected chi connectivity index (χ3v) is 4.11. The highest BCUT2D eigenvalue weighted by Crippen LogP contribution is 2.30. The lowest BCUT2D eigenvalue weighted by atomic mass is 9.88. The number of halogens is 1. The van der Waals surface area contributed by atoms with E-state index in [-0.39, 0.29) is 5.41 Å². The first-order valence-electron chi connectivity index (χ1n) is 6.99. The maximum Gasteiger partial charge on any atom is 0.236 e. The van der Waals surface area contributed by atoms with Gasteiger partial charge in [-0.1, -0.05) is 28.9 Å². The van der Waals surface area contributed by atoms with Crippen LogP contribution in [0.5, 0.6) is 0 Å². The Morgan fingerprint density at radius 2 is 2.19 bits per heavy atom. The molecular formula is C15H18ClN3O2. The second kappa shape index (κ2) is 6.13. The van der Waals surface area contributed by atoms with Gasteiger partial charge in [0.15, 0.2) is 5.82 Å². The van der Waals surface area contributed by atoms with Crippen LogP contribution in [0.3, 0.4) is 0 Å². The summed E-state index contributed by atoms with van der Waals surface area (Å²) >= 11 is 5.89. The molecule has 0 aliphatic carbocycles. The number of nitrogens with zero attached hydrogens (tertiary/aromatic N) is 2. The molecule has 0 spiro atoms. The summed E-state index contributed by atoms with van der Waals surface area (Å²) in [5.74, 6) is 1.35. The number of aromatic nitrogens is 2. The molecule has 112 valence electrons. The Morgan fingerprint density at radius 3 is 2.86 bits per heavy atom. The van der Waals surface area contributed by atoms with Gasteiger partial charge in [-0.2, -0.15) is 4.98 Å². The van der Waals surface area contributed by atoms with Crippen LogP contribution in [-0.2, 0) is 16.6 Å². The van der Waals surface area contributed by atoms with Gasteiger partial charge in [0.25, 0.3) is 0 Å². The van der Waals surface area contributed by atoms with Gasteiger partial charge in [-0.15, -0.1) is 0 Å². The van der Waals surface area contributed by atoms with Crippen molar-refractivity contribution in [3.05, 3.63) is 46.6 Å². The average Bonchev–Trinajstić information content (AvgIpc) is 3.12. The first-order chi connectivity index (χ1) is 10.2. The molecule has 5 nitrogen and oxygen atoms in total. The number of benzene rings is 1. The number of methoxy groups -OCH3 is 1. The first kappa shape index (κ1) is 14.5. The first-order valence-corrected chi connectivity index (χ1v) is 7.37. The Bertz CT molecular complexity index is 591. The molecule has 0 amide bonds. The summed E-state index contributed by atoms with van der Waals surface area (Å²) in [5, 5.41) is 8.17. The highest BCUT2D eigenvalue weighted by molar-refractivity contribution is 6.30. The van der Waals surface area contributed by atoms with E-state index in [1.54, 1.807) is 7.11 Å². The van der Waals surface area contributed by atoms with E-state index in [1.807, 2.05) is 24.3 Å². The molecule has 0 radical (unpaired) electrons. The van der Waals surface area contributed by atoms with Gasteiger partial charge < -0.3 is 14.6 Å². The van der Waals surface area contributed by atoms with Crippen LogP contribution < -0.4 is 5.32 Å². The maximum atomic E-state index is 5.89. The van der Waals surface area contributed by atoms with Gasteiger partial charge >= 0.3 is 0 Å². The average molecular weight is 308 g/mol. The van der Waals surface area contributed by atoms with Crippen molar-refractivity contribution in [2.75, 3.05) is 26.8 Å². The zero-order chi connectivity index (χ0) is 14.7. The van der Waals surface area contributed by atoms with E-state index in [2.05, 4.69) is 15.5 Å². The van der Waals surface area contributed by atoms with E-state index in [9.17, 15) is 0 Å². The molecule has 2 aromatic rings. The fourth-order valence-corrected chi connectivity index (χ4v) is 2.84. The summed E-state index contributed by atoms with van der Waals surface area (Å²) in [6, 6.07) is 7.68. The van der Waals surface area contributed by atoms with Gasteiger partial charge in [0, 0.05) is 25.1 Å². The molecule has 1 aromatic carbocycles. The molecule has 1 aliphatic rings. The molecule has 2 heterocycles. The SMILES string of the molecule is COCC1(c2nc(Cc3ccc(Cl)cc3)no2)CCNC1. The predicted octanol–water partition coefficient (Wildman–Crippen LogP) is 2.19. The van der Waals surface area contributed by atoms with Gasteiger partial charge in [-0.05, 0) is 30.7 Å². The predicted molar refractivity (Wildman–Crippen MR) is 79.6 cm³/mol. The summed E-state index contributed by atoms with van der Waals surface area (Å²) in [6.07, 6.45) is 1.58. The number of hydrogen-bond acceptors (Lipinski definition) is 5. The summed E-state index contributed by atoms with van der Waals surface area (Å²) < 4.78 is 10.8. The molecule has 3 rings (SSSR count). The van der Waals surface area contributed by atoms with Crippen molar-refractivity contribution in [1.29, 1.82) is 0 Å². The molecule has 1 aromatic heterocycles. The fourth-order valence-electron chi connectivity index (χ4n) is 2.71. The summed E-state index contributed by atoms with van der Waals surface area (Å²) in [6.45, 7) is 2.34. The van der Waals surface area contributed by atoms with Crippen molar-refractivity contribution in [1.82, 2.24) is 15.5 Å². The minimum atomic E-state index is -0.194. The number of ether oxygens (including phenoxy) is 1. The largest absolute Gasteiger partial charge is 0.384 e. The number of hydrogen-bond donors (Lipinski definition) is 1. The minimum Gasteiger partial charge on any atom is -0.384 e. The Kier molecular flexibility index (Phi) is 4.24. The van der Waals surface area contributed by atoms with Crippen LogP contribution in [0.2, 0.25) is 5.02 Å². The quantitative estimate of drug-likeness (QED) is 0.917. The lowest BCUT2D eigenvalue weighted by Gasteiger charge is -2.22. The third-order valence-electron chi connectivity index (χ3n) is 3.86. The van der Waals surface area contributed by atoms with Crippen LogP contribution in [0, 0.1) is 0 Å². The van der Waals surface area contributed by atoms with Crippen LogP contribution in [0.1, 0.15) is 23.7 Å². The Balaban J connectivity index is 1.77. The lowest BCUT2D eigenvalue weighted by Crippen LogP contribution is -2.34. The van der Waals surface area contributed by atoms with Gasteiger partial charge in [0.2, 0.25) is 5.89 Å². The molecule has 1 atom stereocenters.